The minimum Gasteiger partial charge on any atom is -0.469 e. The van der Waals surface area contributed by atoms with E-state index in [4.69, 9.17) is 9.47 Å². The van der Waals surface area contributed by atoms with Crippen molar-refractivity contribution in [2.45, 2.75) is 71.6 Å². The highest BCUT2D eigenvalue weighted by atomic mass is 32.1. The molecule has 45 heavy (non-hydrogen) atoms. The van der Waals surface area contributed by atoms with E-state index < -0.39 is 23.9 Å². The van der Waals surface area contributed by atoms with E-state index in [1.54, 1.807) is 36.4 Å². The lowest BCUT2D eigenvalue weighted by Gasteiger charge is -2.33. The molecule has 0 fully saturated rings. The summed E-state index contributed by atoms with van der Waals surface area (Å²) in [6.07, 6.45) is 0.454. The predicted molar refractivity (Wildman–Crippen MR) is 170 cm³/mol. The molecule has 0 aliphatic heterocycles. The monoisotopic (exact) mass is 639 g/mol. The fraction of sp³-hybridized carbons (Fsp3) is 0.441. The van der Waals surface area contributed by atoms with Gasteiger partial charge in [-0.3, -0.25) is 19.2 Å². The van der Waals surface area contributed by atoms with Crippen LogP contribution in [-0.2, 0) is 36.7 Å². The number of carbonyl (C=O) groups excluding carboxylic acids is 4. The first kappa shape index (κ1) is 35.4. The fourth-order valence-corrected chi connectivity index (χ4v) is 6.04. The fourth-order valence-electron chi connectivity index (χ4n) is 5.20. The Balaban J connectivity index is 1.77. The van der Waals surface area contributed by atoms with E-state index in [1.165, 1.54) is 37.5 Å². The molecule has 0 saturated heterocycles. The van der Waals surface area contributed by atoms with Crippen molar-refractivity contribution >= 4 is 35.1 Å². The third-order valence-electron chi connectivity index (χ3n) is 7.62. The molecule has 2 amide bonds. The quantitative estimate of drug-likeness (QED) is 0.217. The zero-order chi connectivity index (χ0) is 33.1. The smallest absolute Gasteiger partial charge is 0.308 e. The summed E-state index contributed by atoms with van der Waals surface area (Å²) >= 11 is 1.20. The highest BCUT2D eigenvalue weighted by Crippen LogP contribution is 2.30. The number of hydrogen-bond acceptors (Lipinski definition) is 8. The van der Waals surface area contributed by atoms with Crippen LogP contribution in [0.3, 0.4) is 0 Å². The van der Waals surface area contributed by atoms with Gasteiger partial charge in [-0.1, -0.05) is 63.2 Å². The summed E-state index contributed by atoms with van der Waals surface area (Å²) in [5, 5.41) is 5.06. The average Bonchev–Trinajstić information content (AvgIpc) is 3.50. The summed E-state index contributed by atoms with van der Waals surface area (Å²) in [7, 11) is 3.04. The molecule has 0 bridgehead atoms. The number of nitrogens with one attached hydrogen (secondary N) is 1. The molecular weight excluding hydrogens is 597 g/mol. The lowest BCUT2D eigenvalue weighted by Crippen LogP contribution is -2.42. The Labute approximate surface area is 268 Å². The Hall–Kier alpha value is -4.12. The van der Waals surface area contributed by atoms with E-state index >= 15 is 0 Å². The van der Waals surface area contributed by atoms with Crippen LogP contribution in [-0.4, -0.2) is 59.9 Å². The molecule has 11 heteroatoms. The van der Waals surface area contributed by atoms with Crippen LogP contribution < -0.4 is 5.32 Å². The van der Waals surface area contributed by atoms with Gasteiger partial charge in [0.2, 0.25) is 5.91 Å². The number of carbonyl (C=O) groups is 4. The number of thiazole rings is 1. The third kappa shape index (κ3) is 10.8. The molecule has 4 atom stereocenters. The summed E-state index contributed by atoms with van der Waals surface area (Å²) in [4.78, 5) is 57.0. The molecule has 1 heterocycles. The highest BCUT2D eigenvalue weighted by Gasteiger charge is 2.31. The van der Waals surface area contributed by atoms with Gasteiger partial charge in [-0.05, 0) is 42.0 Å². The minimum absolute atomic E-state index is 0.00324. The van der Waals surface area contributed by atoms with Crippen LogP contribution >= 0.6 is 11.3 Å². The molecular formula is C34H42FN3O6S. The van der Waals surface area contributed by atoms with Crippen LogP contribution in [0.25, 0.3) is 0 Å². The average molecular weight is 640 g/mol. The Morgan fingerprint density at radius 2 is 1.64 bits per heavy atom. The molecule has 2 aromatic carbocycles. The first-order valence-corrected chi connectivity index (χ1v) is 15.8. The number of likely N-dealkylation sites (N-methyl/N-ethyl adjacent to an activating group) is 1. The van der Waals surface area contributed by atoms with Gasteiger partial charge in [-0.15, -0.1) is 11.3 Å². The van der Waals surface area contributed by atoms with Crippen molar-refractivity contribution in [3.05, 3.63) is 87.6 Å². The van der Waals surface area contributed by atoms with Crippen molar-refractivity contribution in [1.29, 1.82) is 0 Å². The molecule has 1 N–H and O–H groups in total. The minimum atomic E-state index is -0.790. The topological polar surface area (TPSA) is 115 Å². The van der Waals surface area contributed by atoms with Crippen molar-refractivity contribution in [3.8, 4) is 0 Å². The third-order valence-corrected chi connectivity index (χ3v) is 8.56. The Bertz CT molecular complexity index is 1430. The number of nitrogens with zero attached hydrogens (tertiary/aromatic N) is 2. The normalized spacial score (nSPS) is 13.8. The summed E-state index contributed by atoms with van der Waals surface area (Å²) in [6.45, 7) is 7.01. The van der Waals surface area contributed by atoms with E-state index in [2.05, 4.69) is 10.3 Å². The maximum Gasteiger partial charge on any atom is 0.308 e. The molecule has 242 valence electrons. The standard InChI is InChI=1S/C34H42FN3O6S/c1-21(2)29(38(5)31(40)18-25-12-14-26(35)15-13-25)19-30(44-23(4)39)33-37-28(20-45-33)32(41)36-27(16-22(3)34(42)43-6)17-24-10-8-7-9-11-24/h7-15,20-22,27,29-30H,16-19H2,1-6H3,(H,36,41)/t22-,27?,29?,30?/m0/s1. The van der Waals surface area contributed by atoms with Crippen molar-refractivity contribution < 1.29 is 33.0 Å². The first-order valence-electron chi connectivity index (χ1n) is 14.9. The van der Waals surface area contributed by atoms with E-state index in [1.807, 2.05) is 44.2 Å². The van der Waals surface area contributed by atoms with Crippen molar-refractivity contribution in [2.24, 2.45) is 11.8 Å². The summed E-state index contributed by atoms with van der Waals surface area (Å²) < 4.78 is 23.9. The second-order valence-corrected chi connectivity index (χ2v) is 12.4. The number of methoxy groups -OCH3 is 1. The molecule has 0 aliphatic carbocycles. The maximum absolute atomic E-state index is 13.4. The van der Waals surface area contributed by atoms with E-state index in [9.17, 15) is 23.6 Å². The summed E-state index contributed by atoms with van der Waals surface area (Å²) in [5.74, 6) is -2.24. The van der Waals surface area contributed by atoms with Gasteiger partial charge in [-0.25, -0.2) is 9.37 Å². The number of halogens is 1. The van der Waals surface area contributed by atoms with Gasteiger partial charge in [-0.2, -0.15) is 0 Å². The molecule has 0 aliphatic rings. The SMILES string of the molecule is COC(=O)[C@@H](C)CC(Cc1ccccc1)NC(=O)c1csc(C(CC(C(C)C)N(C)C(=O)Cc2ccc(F)cc2)OC(C)=O)n1. The molecule has 0 saturated carbocycles. The number of benzene rings is 2. The van der Waals surface area contributed by atoms with Crippen LogP contribution in [0.15, 0.2) is 60.0 Å². The van der Waals surface area contributed by atoms with Gasteiger partial charge in [0.15, 0.2) is 6.10 Å². The number of rotatable bonds is 15. The van der Waals surface area contributed by atoms with Crippen LogP contribution in [0.5, 0.6) is 0 Å². The zero-order valence-electron chi connectivity index (χ0n) is 26.6. The van der Waals surface area contributed by atoms with Crippen molar-refractivity contribution in [3.63, 3.8) is 0 Å². The number of esters is 2. The van der Waals surface area contributed by atoms with Crippen molar-refractivity contribution in [2.75, 3.05) is 14.2 Å². The first-order chi connectivity index (χ1) is 21.4. The molecule has 9 nitrogen and oxygen atoms in total. The molecule has 3 rings (SSSR count). The van der Waals surface area contributed by atoms with E-state index in [-0.39, 0.29) is 54.2 Å². The van der Waals surface area contributed by atoms with Gasteiger partial charge in [0.05, 0.1) is 19.4 Å². The summed E-state index contributed by atoms with van der Waals surface area (Å²) in [6, 6.07) is 14.8. The molecule has 0 spiro atoms. The summed E-state index contributed by atoms with van der Waals surface area (Å²) in [5.41, 5.74) is 1.86. The predicted octanol–water partition coefficient (Wildman–Crippen LogP) is 5.54. The lowest BCUT2D eigenvalue weighted by atomic mass is 9.95. The lowest BCUT2D eigenvalue weighted by molar-refractivity contribution is -0.148. The highest BCUT2D eigenvalue weighted by molar-refractivity contribution is 7.09. The number of amides is 2. The van der Waals surface area contributed by atoms with Gasteiger partial charge in [0.25, 0.3) is 5.91 Å². The van der Waals surface area contributed by atoms with Gasteiger partial charge in [0, 0.05) is 37.9 Å². The Kier molecular flexibility index (Phi) is 13.2. The van der Waals surface area contributed by atoms with Gasteiger partial charge >= 0.3 is 11.9 Å². The number of aromatic nitrogens is 1. The van der Waals surface area contributed by atoms with Crippen LogP contribution in [0.1, 0.15) is 73.3 Å². The largest absolute Gasteiger partial charge is 0.469 e. The number of hydrogen-bond donors (Lipinski definition) is 1. The van der Waals surface area contributed by atoms with Crippen molar-refractivity contribution in [1.82, 2.24) is 15.2 Å². The molecule has 1 aromatic heterocycles. The Morgan fingerprint density at radius 3 is 2.24 bits per heavy atom. The van der Waals surface area contributed by atoms with E-state index in [0.29, 0.717) is 23.4 Å². The Morgan fingerprint density at radius 1 is 0.978 bits per heavy atom. The van der Waals surface area contributed by atoms with Crippen LogP contribution in [0, 0.1) is 17.7 Å². The molecule has 0 radical (unpaired) electrons. The van der Waals surface area contributed by atoms with Gasteiger partial charge in [0.1, 0.15) is 16.5 Å². The second kappa shape index (κ2) is 16.8. The zero-order valence-corrected chi connectivity index (χ0v) is 27.4. The van der Waals surface area contributed by atoms with Crippen LogP contribution in [0.2, 0.25) is 0 Å². The maximum atomic E-state index is 13.4. The molecule has 3 aromatic rings. The van der Waals surface area contributed by atoms with Crippen LogP contribution in [0.4, 0.5) is 4.39 Å². The molecule has 3 unspecified atom stereocenters. The van der Waals surface area contributed by atoms with E-state index in [0.717, 1.165) is 5.56 Å². The second-order valence-electron chi connectivity index (χ2n) is 11.5. The number of ether oxygens (including phenoxy) is 2. The van der Waals surface area contributed by atoms with Gasteiger partial charge < -0.3 is 19.7 Å².